The third kappa shape index (κ3) is 4.77. The van der Waals surface area contributed by atoms with Gasteiger partial charge in [0.25, 0.3) is 0 Å². The number of benzene rings is 2. The summed E-state index contributed by atoms with van der Waals surface area (Å²) in [6.07, 6.45) is 1.79. The minimum atomic E-state index is -0.907. The topological polar surface area (TPSA) is 94.8 Å². The quantitative estimate of drug-likeness (QED) is 0.339. The molecule has 0 bridgehead atoms. The molecule has 0 unspecified atom stereocenters. The number of nitrogens with one attached hydrogen (secondary N) is 1. The van der Waals surface area contributed by atoms with E-state index in [4.69, 9.17) is 13.9 Å². The van der Waals surface area contributed by atoms with Gasteiger partial charge in [0.1, 0.15) is 24.0 Å². The molecule has 1 aromatic heterocycles. The lowest BCUT2D eigenvalue weighted by Crippen LogP contribution is -2.46. The van der Waals surface area contributed by atoms with Crippen LogP contribution < -0.4 is 15.7 Å². The molecule has 1 amide bonds. The van der Waals surface area contributed by atoms with Crippen LogP contribution in [0.2, 0.25) is 0 Å². The zero-order valence-corrected chi connectivity index (χ0v) is 19.0. The molecule has 0 saturated heterocycles. The number of rotatable bonds is 6. The summed E-state index contributed by atoms with van der Waals surface area (Å²) in [6, 6.07) is 11.9. The molecule has 7 nitrogen and oxygen atoms in total. The van der Waals surface area contributed by atoms with Gasteiger partial charge in [-0.3, -0.25) is 0 Å². The van der Waals surface area contributed by atoms with Gasteiger partial charge in [-0.2, -0.15) is 0 Å². The summed E-state index contributed by atoms with van der Waals surface area (Å²) in [5.74, 6) is -0.560. The Morgan fingerprint density at radius 2 is 1.79 bits per heavy atom. The van der Waals surface area contributed by atoms with Gasteiger partial charge in [0, 0.05) is 16.5 Å². The third-order valence-corrected chi connectivity index (χ3v) is 5.96. The lowest BCUT2D eigenvalue weighted by Gasteiger charge is -2.21. The van der Waals surface area contributed by atoms with Gasteiger partial charge in [-0.15, -0.1) is 0 Å². The Bertz CT molecular complexity index is 1250. The van der Waals surface area contributed by atoms with Gasteiger partial charge in [0.2, 0.25) is 0 Å². The lowest BCUT2D eigenvalue weighted by atomic mass is 10.0. The highest BCUT2D eigenvalue weighted by molar-refractivity contribution is 5.88. The van der Waals surface area contributed by atoms with Crippen LogP contribution in [0.25, 0.3) is 11.0 Å². The number of carbonyl (C=O) groups is 2. The highest BCUT2D eigenvalue weighted by Gasteiger charge is 2.28. The van der Waals surface area contributed by atoms with Crippen LogP contribution in [0.4, 0.5) is 4.79 Å². The maximum absolute atomic E-state index is 12.9. The maximum Gasteiger partial charge on any atom is 0.408 e. The van der Waals surface area contributed by atoms with E-state index in [2.05, 4.69) is 5.32 Å². The molecule has 3 aromatic rings. The molecule has 1 N–H and O–H groups in total. The van der Waals surface area contributed by atoms with Crippen molar-refractivity contribution in [3.8, 4) is 5.75 Å². The predicted molar refractivity (Wildman–Crippen MR) is 123 cm³/mol. The fraction of sp³-hybridized carbons (Fsp3) is 0.346. The smallest absolute Gasteiger partial charge is 0.408 e. The summed E-state index contributed by atoms with van der Waals surface area (Å²) in [6.45, 7) is 5.46. The number of hydrogen-bond acceptors (Lipinski definition) is 6. The van der Waals surface area contributed by atoms with Crippen LogP contribution in [0.1, 0.15) is 42.5 Å². The first-order chi connectivity index (χ1) is 15.8. The molecule has 1 aliphatic carbocycles. The Hall–Kier alpha value is -3.61. The second kappa shape index (κ2) is 9.48. The van der Waals surface area contributed by atoms with Crippen molar-refractivity contribution in [2.75, 3.05) is 0 Å². The zero-order chi connectivity index (χ0) is 23.5. The summed E-state index contributed by atoms with van der Waals surface area (Å²) in [5.41, 5.74) is 3.28. The van der Waals surface area contributed by atoms with Crippen LogP contribution in [-0.4, -0.2) is 18.1 Å². The average Bonchev–Trinajstić information content (AvgIpc) is 3.30. The number of ether oxygens (including phenoxy) is 2. The van der Waals surface area contributed by atoms with Crippen molar-refractivity contribution in [3.05, 3.63) is 75.1 Å². The lowest BCUT2D eigenvalue weighted by molar-refractivity contribution is -0.137. The highest BCUT2D eigenvalue weighted by atomic mass is 16.6. The number of alkyl carbamates (subject to hydrolysis) is 1. The van der Waals surface area contributed by atoms with Gasteiger partial charge < -0.3 is 19.2 Å². The average molecular weight is 450 g/mol. The van der Waals surface area contributed by atoms with Gasteiger partial charge in [-0.25, -0.2) is 14.4 Å². The van der Waals surface area contributed by atoms with Crippen LogP contribution >= 0.6 is 0 Å². The molecule has 1 heterocycles. The van der Waals surface area contributed by atoms with E-state index in [0.717, 1.165) is 41.3 Å². The molecule has 1 atom stereocenters. The van der Waals surface area contributed by atoms with Gasteiger partial charge in [-0.05, 0) is 55.4 Å². The van der Waals surface area contributed by atoms with Gasteiger partial charge in [0.05, 0.1) is 0 Å². The normalized spacial score (nSPS) is 13.6. The molecule has 7 heteroatoms. The summed E-state index contributed by atoms with van der Waals surface area (Å²) >= 11 is 0. The van der Waals surface area contributed by atoms with E-state index in [9.17, 15) is 14.4 Å². The summed E-state index contributed by atoms with van der Waals surface area (Å²) in [7, 11) is 0. The minimum absolute atomic E-state index is 0.0969. The van der Waals surface area contributed by atoms with E-state index >= 15 is 0 Å². The fourth-order valence-electron chi connectivity index (χ4n) is 4.14. The fourth-order valence-corrected chi connectivity index (χ4v) is 4.14. The minimum Gasteiger partial charge on any atom is -0.445 e. The summed E-state index contributed by atoms with van der Waals surface area (Å²) in [4.78, 5) is 37.6. The van der Waals surface area contributed by atoms with Crippen LogP contribution in [0.15, 0.2) is 51.7 Å². The second-order valence-corrected chi connectivity index (χ2v) is 8.61. The molecule has 4 rings (SSSR count). The number of carbonyl (C=O) groups excluding carboxylic acids is 2. The second-order valence-electron chi connectivity index (χ2n) is 8.61. The first-order valence-corrected chi connectivity index (χ1v) is 11.1. The van der Waals surface area contributed by atoms with Crippen LogP contribution in [0, 0.1) is 12.8 Å². The van der Waals surface area contributed by atoms with Gasteiger partial charge in [0.15, 0.2) is 0 Å². The summed E-state index contributed by atoms with van der Waals surface area (Å²) in [5, 5.41) is 3.47. The van der Waals surface area contributed by atoms with Gasteiger partial charge in [-0.1, -0.05) is 44.2 Å². The van der Waals surface area contributed by atoms with Crippen molar-refractivity contribution < 1.29 is 23.5 Å². The van der Waals surface area contributed by atoms with E-state index in [-0.39, 0.29) is 18.2 Å². The van der Waals surface area contributed by atoms with Crippen molar-refractivity contribution in [2.24, 2.45) is 5.92 Å². The molecule has 2 aromatic carbocycles. The molecular weight excluding hydrogens is 422 g/mol. The third-order valence-electron chi connectivity index (χ3n) is 5.96. The van der Waals surface area contributed by atoms with Crippen molar-refractivity contribution in [3.63, 3.8) is 0 Å². The predicted octanol–water partition coefficient (Wildman–Crippen LogP) is 4.45. The van der Waals surface area contributed by atoms with Crippen molar-refractivity contribution in [1.82, 2.24) is 5.32 Å². The molecule has 0 saturated carbocycles. The van der Waals surface area contributed by atoms with E-state index < -0.39 is 18.1 Å². The van der Waals surface area contributed by atoms with E-state index in [0.29, 0.717) is 16.9 Å². The number of fused-ring (bicyclic) bond motifs is 3. The molecule has 1 aliphatic rings. The Morgan fingerprint density at radius 3 is 2.52 bits per heavy atom. The Labute approximate surface area is 191 Å². The largest absolute Gasteiger partial charge is 0.445 e. The van der Waals surface area contributed by atoms with Crippen LogP contribution in [0.3, 0.4) is 0 Å². The molecule has 0 fully saturated rings. The van der Waals surface area contributed by atoms with Crippen LogP contribution in [-0.2, 0) is 29.0 Å². The van der Waals surface area contributed by atoms with Gasteiger partial charge >= 0.3 is 17.7 Å². The number of amides is 1. The van der Waals surface area contributed by atoms with Crippen molar-refractivity contribution >= 4 is 23.0 Å². The molecular formula is C26H27NO6. The monoisotopic (exact) mass is 449 g/mol. The highest BCUT2D eigenvalue weighted by Crippen LogP contribution is 2.33. The molecule has 172 valence electrons. The Balaban J connectivity index is 1.49. The SMILES string of the molecule is Cc1c(OC(=O)[C@H](NC(=O)OCc2ccccc2)C(C)C)ccc2c3c(c(=O)oc12)CCC3. The first-order valence-electron chi connectivity index (χ1n) is 11.1. The first kappa shape index (κ1) is 22.6. The number of hydrogen-bond donors (Lipinski definition) is 1. The summed E-state index contributed by atoms with van der Waals surface area (Å²) < 4.78 is 16.4. The van der Waals surface area contributed by atoms with E-state index in [1.807, 2.05) is 36.4 Å². The zero-order valence-electron chi connectivity index (χ0n) is 19.0. The molecule has 0 aliphatic heterocycles. The Kier molecular flexibility index (Phi) is 6.49. The van der Waals surface area contributed by atoms with E-state index in [1.165, 1.54) is 0 Å². The standard InChI is InChI=1S/C26H27NO6/c1-15(2)22(27-26(30)31-14-17-8-5-4-6-9-17)25(29)32-21-13-12-19-18-10-7-11-20(18)24(28)33-23(19)16(21)3/h4-6,8-9,12-13,15,22H,7,10-11,14H2,1-3H3,(H,27,30)/t22-/m1/s1. The Morgan fingerprint density at radius 1 is 1.06 bits per heavy atom. The van der Waals surface area contributed by atoms with E-state index in [1.54, 1.807) is 26.8 Å². The number of aryl methyl sites for hydroxylation is 2. The maximum atomic E-state index is 12.9. The van der Waals surface area contributed by atoms with Crippen molar-refractivity contribution in [2.45, 2.75) is 52.7 Å². The molecule has 0 spiro atoms. The number of esters is 1. The van der Waals surface area contributed by atoms with Crippen molar-refractivity contribution in [1.29, 1.82) is 0 Å². The molecule has 0 radical (unpaired) electrons. The molecule has 33 heavy (non-hydrogen) atoms. The van der Waals surface area contributed by atoms with Crippen LogP contribution in [0.5, 0.6) is 5.75 Å².